The van der Waals surface area contributed by atoms with E-state index in [2.05, 4.69) is 37.5 Å². The van der Waals surface area contributed by atoms with Crippen LogP contribution in [0.5, 0.6) is 5.88 Å². The molecule has 2 aliphatic rings. The maximum Gasteiger partial charge on any atom is 0.271 e. The van der Waals surface area contributed by atoms with Gasteiger partial charge in [-0.2, -0.15) is 0 Å². The van der Waals surface area contributed by atoms with E-state index in [4.69, 9.17) is 4.74 Å². The molecule has 0 N–H and O–H groups in total. The van der Waals surface area contributed by atoms with Crippen molar-refractivity contribution in [2.24, 2.45) is 0 Å². The average molecular weight is 388 g/mol. The predicted octanol–water partition coefficient (Wildman–Crippen LogP) is 2.97. The Balaban J connectivity index is 1.43. The van der Waals surface area contributed by atoms with E-state index in [1.165, 1.54) is 0 Å². The van der Waals surface area contributed by atoms with E-state index in [0.717, 1.165) is 36.5 Å². The number of amides is 1. The van der Waals surface area contributed by atoms with E-state index >= 15 is 0 Å². The fraction of sp³-hybridized carbons (Fsp3) is 0.304. The molecule has 1 saturated heterocycles. The number of carbonyl (C=O) groups is 1. The van der Waals surface area contributed by atoms with Gasteiger partial charge in [0.1, 0.15) is 5.69 Å². The zero-order valence-corrected chi connectivity index (χ0v) is 16.4. The Morgan fingerprint density at radius 1 is 1.00 bits per heavy atom. The van der Waals surface area contributed by atoms with Gasteiger partial charge in [0, 0.05) is 44.1 Å². The molecule has 29 heavy (non-hydrogen) atoms. The molecule has 0 aliphatic carbocycles. The summed E-state index contributed by atoms with van der Waals surface area (Å²) in [7, 11) is 1.65. The van der Waals surface area contributed by atoms with E-state index in [-0.39, 0.29) is 18.0 Å². The van der Waals surface area contributed by atoms with Crippen molar-refractivity contribution in [2.45, 2.75) is 25.2 Å². The highest BCUT2D eigenvalue weighted by molar-refractivity contribution is 5.94. The first-order valence-corrected chi connectivity index (χ1v) is 9.96. The third kappa shape index (κ3) is 3.19. The first-order valence-electron chi connectivity index (χ1n) is 9.96. The smallest absolute Gasteiger partial charge is 0.271 e. The SMILES string of the molecule is COc1ncccc1CN1CC2C(C1)n1cccc1C(=O)N2Cc1ccccc1. The number of nitrogens with zero attached hydrogens (tertiary/aromatic N) is 4. The lowest BCUT2D eigenvalue weighted by molar-refractivity contribution is 0.0556. The van der Waals surface area contributed by atoms with Crippen LogP contribution in [0.3, 0.4) is 0 Å². The fourth-order valence-electron chi connectivity index (χ4n) is 4.66. The normalized spacial score (nSPS) is 21.1. The molecule has 0 radical (unpaired) electrons. The molecule has 3 aromatic rings. The molecule has 2 unspecified atom stereocenters. The van der Waals surface area contributed by atoms with Crippen molar-refractivity contribution in [3.63, 3.8) is 0 Å². The summed E-state index contributed by atoms with van der Waals surface area (Å²) in [5.41, 5.74) is 3.01. The van der Waals surface area contributed by atoms with Gasteiger partial charge in [0.05, 0.1) is 19.2 Å². The van der Waals surface area contributed by atoms with Gasteiger partial charge >= 0.3 is 0 Å². The van der Waals surface area contributed by atoms with E-state index in [1.54, 1.807) is 13.3 Å². The minimum Gasteiger partial charge on any atom is -0.481 e. The van der Waals surface area contributed by atoms with Gasteiger partial charge in [0.2, 0.25) is 5.88 Å². The number of fused-ring (bicyclic) bond motifs is 3. The van der Waals surface area contributed by atoms with E-state index < -0.39 is 0 Å². The zero-order valence-electron chi connectivity index (χ0n) is 16.4. The number of methoxy groups -OCH3 is 1. The second kappa shape index (κ2) is 7.37. The van der Waals surface area contributed by atoms with Gasteiger partial charge in [0.25, 0.3) is 5.91 Å². The van der Waals surface area contributed by atoms with Crippen molar-refractivity contribution in [1.29, 1.82) is 0 Å². The lowest BCUT2D eigenvalue weighted by atomic mass is 10.0. The molecule has 0 bridgehead atoms. The van der Waals surface area contributed by atoms with Crippen LogP contribution in [0.25, 0.3) is 0 Å². The van der Waals surface area contributed by atoms with Crippen LogP contribution in [-0.2, 0) is 13.1 Å². The number of hydrogen-bond donors (Lipinski definition) is 0. The number of hydrogen-bond acceptors (Lipinski definition) is 4. The van der Waals surface area contributed by atoms with Crippen LogP contribution in [0.2, 0.25) is 0 Å². The van der Waals surface area contributed by atoms with Gasteiger partial charge in [-0.05, 0) is 23.8 Å². The maximum atomic E-state index is 13.2. The molecular weight excluding hydrogens is 364 g/mol. The van der Waals surface area contributed by atoms with Crippen molar-refractivity contribution in [3.8, 4) is 5.88 Å². The second-order valence-electron chi connectivity index (χ2n) is 7.72. The van der Waals surface area contributed by atoms with Crippen molar-refractivity contribution in [2.75, 3.05) is 20.2 Å². The number of benzene rings is 1. The van der Waals surface area contributed by atoms with Gasteiger partial charge < -0.3 is 14.2 Å². The van der Waals surface area contributed by atoms with Crippen molar-refractivity contribution in [3.05, 3.63) is 83.8 Å². The monoisotopic (exact) mass is 388 g/mol. The molecule has 1 amide bonds. The summed E-state index contributed by atoms with van der Waals surface area (Å²) in [6.45, 7) is 3.12. The summed E-state index contributed by atoms with van der Waals surface area (Å²) >= 11 is 0. The highest BCUT2D eigenvalue weighted by Crippen LogP contribution is 2.35. The first kappa shape index (κ1) is 17.9. The van der Waals surface area contributed by atoms with Crippen LogP contribution in [0.4, 0.5) is 0 Å². The molecule has 0 spiro atoms. The summed E-state index contributed by atoms with van der Waals surface area (Å²) in [4.78, 5) is 22.0. The van der Waals surface area contributed by atoms with Crippen LogP contribution in [0.15, 0.2) is 67.0 Å². The Morgan fingerprint density at radius 2 is 1.83 bits per heavy atom. The highest BCUT2D eigenvalue weighted by Gasteiger charge is 2.44. The minimum atomic E-state index is 0.112. The standard InChI is InChI=1S/C23H24N4O2/c1-29-22-18(9-5-11-24-22)14-25-15-20-21(16-25)27(13-17-7-3-2-4-8-17)23(28)19-10-6-12-26(19)20/h2-12,20-21H,13-16H2,1H3. The molecule has 2 aliphatic heterocycles. The molecule has 5 rings (SSSR count). The van der Waals surface area contributed by atoms with E-state index in [0.29, 0.717) is 12.4 Å². The molecule has 1 fully saturated rings. The fourth-order valence-corrected chi connectivity index (χ4v) is 4.66. The number of pyridine rings is 1. The second-order valence-corrected chi connectivity index (χ2v) is 7.72. The maximum absolute atomic E-state index is 13.2. The summed E-state index contributed by atoms with van der Waals surface area (Å²) < 4.78 is 7.59. The molecular formula is C23H24N4O2. The highest BCUT2D eigenvalue weighted by atomic mass is 16.5. The van der Waals surface area contributed by atoms with Crippen molar-refractivity contribution in [1.82, 2.24) is 19.4 Å². The predicted molar refractivity (Wildman–Crippen MR) is 110 cm³/mol. The molecule has 6 nitrogen and oxygen atoms in total. The van der Waals surface area contributed by atoms with Gasteiger partial charge in [-0.3, -0.25) is 9.69 Å². The van der Waals surface area contributed by atoms with Gasteiger partial charge in [0.15, 0.2) is 0 Å². The van der Waals surface area contributed by atoms with Crippen LogP contribution in [0, 0.1) is 0 Å². The summed E-state index contributed by atoms with van der Waals surface area (Å²) in [5.74, 6) is 0.780. The van der Waals surface area contributed by atoms with Crippen LogP contribution < -0.4 is 4.74 Å². The van der Waals surface area contributed by atoms with E-state index in [1.807, 2.05) is 42.6 Å². The number of carbonyl (C=O) groups excluding carboxylic acids is 1. The van der Waals surface area contributed by atoms with Gasteiger partial charge in [-0.25, -0.2) is 4.98 Å². The largest absolute Gasteiger partial charge is 0.481 e. The van der Waals surface area contributed by atoms with Crippen molar-refractivity contribution >= 4 is 5.91 Å². The summed E-state index contributed by atoms with van der Waals surface area (Å²) in [5, 5.41) is 0. The topological polar surface area (TPSA) is 50.6 Å². The number of likely N-dealkylation sites (tertiary alicyclic amines) is 1. The number of aromatic nitrogens is 2. The summed E-state index contributed by atoms with van der Waals surface area (Å²) in [6.07, 6.45) is 3.79. The Kier molecular flexibility index (Phi) is 4.56. The molecule has 0 saturated carbocycles. The third-order valence-corrected chi connectivity index (χ3v) is 5.98. The van der Waals surface area contributed by atoms with Crippen molar-refractivity contribution < 1.29 is 9.53 Å². The Bertz CT molecular complexity index is 1020. The first-order chi connectivity index (χ1) is 14.2. The van der Waals surface area contributed by atoms with E-state index in [9.17, 15) is 4.79 Å². The van der Waals surface area contributed by atoms with Crippen LogP contribution in [-0.4, -0.2) is 51.5 Å². The Hall–Kier alpha value is -3.12. The molecule has 148 valence electrons. The minimum absolute atomic E-state index is 0.112. The average Bonchev–Trinajstić information content (AvgIpc) is 3.39. The molecule has 1 aromatic carbocycles. The third-order valence-electron chi connectivity index (χ3n) is 5.98. The quantitative estimate of drug-likeness (QED) is 0.674. The van der Waals surface area contributed by atoms with Crippen LogP contribution >= 0.6 is 0 Å². The Morgan fingerprint density at radius 3 is 2.66 bits per heavy atom. The summed E-state index contributed by atoms with van der Waals surface area (Å²) in [6, 6.07) is 18.5. The lowest BCUT2D eigenvalue weighted by Crippen LogP contribution is -2.49. The van der Waals surface area contributed by atoms with Gasteiger partial charge in [-0.15, -0.1) is 0 Å². The van der Waals surface area contributed by atoms with Gasteiger partial charge in [-0.1, -0.05) is 36.4 Å². The molecule has 6 heteroatoms. The zero-order chi connectivity index (χ0) is 19.8. The molecule has 2 aromatic heterocycles. The number of ether oxygens (including phenoxy) is 1. The van der Waals surface area contributed by atoms with Crippen LogP contribution in [0.1, 0.15) is 27.7 Å². The molecule has 4 heterocycles. The lowest BCUT2D eigenvalue weighted by Gasteiger charge is -2.38. The Labute approximate surface area is 170 Å². The molecule has 2 atom stereocenters. The number of rotatable bonds is 5.